The summed E-state index contributed by atoms with van der Waals surface area (Å²) in [6.45, 7) is 7.52. The number of carbonyl (C=O) groups excluding carboxylic acids is 1. The monoisotopic (exact) mass is 448 g/mol. The minimum atomic E-state index is -4.42. The summed E-state index contributed by atoms with van der Waals surface area (Å²) in [5.74, 6) is -0.571. The predicted octanol–water partition coefficient (Wildman–Crippen LogP) is 6.66. The molecule has 0 fully saturated rings. The molecule has 2 aromatic carbocycles. The van der Waals surface area contributed by atoms with Gasteiger partial charge in [0.2, 0.25) is 0 Å². The Hall–Kier alpha value is -3.22. The van der Waals surface area contributed by atoms with E-state index in [4.69, 9.17) is 9.47 Å². The number of rotatable bonds is 7. The van der Waals surface area contributed by atoms with Gasteiger partial charge in [0.25, 0.3) is 0 Å². The van der Waals surface area contributed by atoms with Crippen molar-refractivity contribution >= 4 is 18.1 Å². The number of carbonyl (C=O) groups is 1. The Labute approximate surface area is 186 Å². The number of methoxy groups -OCH3 is 1. The molecule has 32 heavy (non-hydrogen) atoms. The topological polar surface area (TPSA) is 55.8 Å². The van der Waals surface area contributed by atoms with Crippen LogP contribution in [-0.4, -0.2) is 24.3 Å². The number of hydrogen-bond donors (Lipinski definition) is 1. The molecule has 2 aromatic rings. The summed E-state index contributed by atoms with van der Waals surface area (Å²) in [5.41, 5.74) is 1.51. The third kappa shape index (κ3) is 6.39. The smallest absolute Gasteiger partial charge is 0.416 e. The van der Waals surface area contributed by atoms with Crippen LogP contribution in [0.5, 0.6) is 11.5 Å². The van der Waals surface area contributed by atoms with Crippen LogP contribution in [0.4, 0.5) is 13.2 Å². The van der Waals surface area contributed by atoms with Crippen LogP contribution in [0.3, 0.4) is 0 Å². The van der Waals surface area contributed by atoms with Crippen molar-refractivity contribution in [2.24, 2.45) is 0 Å². The fraction of sp³-hybridized carbons (Fsp3) is 0.320. The molecule has 0 radical (unpaired) electrons. The number of allylic oxidation sites excluding steroid dienone is 2. The van der Waals surface area contributed by atoms with Crippen molar-refractivity contribution in [3.05, 3.63) is 69.8 Å². The predicted molar refractivity (Wildman–Crippen MR) is 119 cm³/mol. The fourth-order valence-corrected chi connectivity index (χ4v) is 2.98. The summed E-state index contributed by atoms with van der Waals surface area (Å²) in [6.07, 6.45) is 0.735. The molecular weight excluding hydrogens is 421 g/mol. The van der Waals surface area contributed by atoms with Gasteiger partial charge in [-0.3, -0.25) is 0 Å². The minimum Gasteiger partial charge on any atom is -0.507 e. The number of esters is 1. The zero-order chi connectivity index (χ0) is 24.1. The number of phenols is 1. The summed E-state index contributed by atoms with van der Waals surface area (Å²) < 4.78 is 49.1. The first kappa shape index (κ1) is 25.0. The van der Waals surface area contributed by atoms with Crippen molar-refractivity contribution in [3.8, 4) is 11.5 Å². The fourth-order valence-electron chi connectivity index (χ4n) is 2.98. The van der Waals surface area contributed by atoms with Crippen molar-refractivity contribution in [2.45, 2.75) is 46.4 Å². The van der Waals surface area contributed by atoms with Crippen LogP contribution in [-0.2, 0) is 17.3 Å². The number of aromatic hydroxyl groups is 1. The summed E-state index contributed by atoms with van der Waals surface area (Å²) >= 11 is 0. The van der Waals surface area contributed by atoms with Gasteiger partial charge in [-0.05, 0) is 63.4 Å². The van der Waals surface area contributed by atoms with Crippen LogP contribution in [0.2, 0.25) is 0 Å². The molecule has 1 N–H and O–H groups in total. The zero-order valence-corrected chi connectivity index (χ0v) is 18.7. The molecular formula is C25H27F3O4. The lowest BCUT2D eigenvalue weighted by atomic mass is 9.97. The maximum Gasteiger partial charge on any atom is 0.416 e. The largest absolute Gasteiger partial charge is 0.507 e. The molecule has 0 aliphatic carbocycles. The lowest BCUT2D eigenvalue weighted by molar-refractivity contribution is -0.137. The van der Waals surface area contributed by atoms with Gasteiger partial charge in [0.1, 0.15) is 17.1 Å². The molecule has 0 bridgehead atoms. The van der Waals surface area contributed by atoms with Crippen molar-refractivity contribution in [1.29, 1.82) is 0 Å². The van der Waals surface area contributed by atoms with Crippen molar-refractivity contribution in [2.75, 3.05) is 7.11 Å². The first-order valence-electron chi connectivity index (χ1n) is 10.1. The van der Waals surface area contributed by atoms with E-state index < -0.39 is 17.7 Å². The first-order valence-corrected chi connectivity index (χ1v) is 10.1. The Bertz CT molecular complexity index is 1010. The molecule has 0 spiro atoms. The average molecular weight is 448 g/mol. The number of hydrogen-bond acceptors (Lipinski definition) is 4. The van der Waals surface area contributed by atoms with Gasteiger partial charge >= 0.3 is 12.1 Å². The van der Waals surface area contributed by atoms with E-state index in [-0.39, 0.29) is 17.4 Å². The highest BCUT2D eigenvalue weighted by molar-refractivity contribution is 5.98. The van der Waals surface area contributed by atoms with Crippen LogP contribution in [0.25, 0.3) is 12.2 Å². The van der Waals surface area contributed by atoms with E-state index in [1.165, 1.54) is 25.3 Å². The summed E-state index contributed by atoms with van der Waals surface area (Å²) in [6, 6.07) is 6.24. The molecule has 0 heterocycles. The van der Waals surface area contributed by atoms with E-state index in [9.17, 15) is 23.1 Å². The molecule has 2 rings (SSSR count). The third-order valence-corrected chi connectivity index (χ3v) is 4.56. The summed E-state index contributed by atoms with van der Waals surface area (Å²) in [5, 5.41) is 10.9. The second-order valence-electron chi connectivity index (χ2n) is 7.76. The maximum absolute atomic E-state index is 12.8. The van der Waals surface area contributed by atoms with E-state index >= 15 is 0 Å². The second-order valence-corrected chi connectivity index (χ2v) is 7.76. The van der Waals surface area contributed by atoms with E-state index in [1.807, 2.05) is 33.8 Å². The lowest BCUT2D eigenvalue weighted by Gasteiger charge is -2.18. The Morgan fingerprint density at radius 1 is 1.12 bits per heavy atom. The van der Waals surface area contributed by atoms with E-state index in [1.54, 1.807) is 12.1 Å². The number of phenolic OH excluding ortho intramolecular Hbond substituents is 1. The maximum atomic E-state index is 12.8. The molecule has 0 atom stereocenters. The molecule has 7 heteroatoms. The van der Waals surface area contributed by atoms with Crippen molar-refractivity contribution in [1.82, 2.24) is 0 Å². The molecule has 0 amide bonds. The van der Waals surface area contributed by atoms with E-state index in [0.29, 0.717) is 28.9 Å². The van der Waals surface area contributed by atoms with Gasteiger partial charge in [-0.1, -0.05) is 35.9 Å². The first-order chi connectivity index (χ1) is 14.9. The normalized spacial score (nSPS) is 11.7. The molecule has 0 saturated heterocycles. The molecule has 0 aliphatic heterocycles. The van der Waals surface area contributed by atoms with Crippen LogP contribution < -0.4 is 4.74 Å². The number of benzene rings is 2. The molecule has 172 valence electrons. The molecule has 0 aliphatic rings. The van der Waals surface area contributed by atoms with Gasteiger partial charge in [0, 0.05) is 5.56 Å². The summed E-state index contributed by atoms with van der Waals surface area (Å²) in [4.78, 5) is 12.4. The zero-order valence-electron chi connectivity index (χ0n) is 18.7. The molecule has 4 nitrogen and oxygen atoms in total. The van der Waals surface area contributed by atoms with Crippen LogP contribution in [0.15, 0.2) is 42.0 Å². The van der Waals surface area contributed by atoms with E-state index in [2.05, 4.69) is 0 Å². The van der Waals surface area contributed by atoms with Crippen LogP contribution in [0, 0.1) is 0 Å². The molecule has 0 saturated carbocycles. The van der Waals surface area contributed by atoms with Gasteiger partial charge in [-0.2, -0.15) is 13.2 Å². The Morgan fingerprint density at radius 2 is 1.75 bits per heavy atom. The summed E-state index contributed by atoms with van der Waals surface area (Å²) in [7, 11) is 1.21. The standard InChI is InChI=1S/C25H27F3O4/c1-15(2)6-13-20-21(32-16(3)4)14-18(22(23(20)29)24(30)31-5)10-7-17-8-11-19(12-9-17)25(26,27)28/h6-12,14,16,29H,13H2,1-5H3. The average Bonchev–Trinajstić information content (AvgIpc) is 2.70. The van der Waals surface area contributed by atoms with Gasteiger partial charge in [-0.15, -0.1) is 0 Å². The quantitative estimate of drug-likeness (QED) is 0.292. The highest BCUT2D eigenvalue weighted by Gasteiger charge is 2.29. The number of halogens is 3. The number of ether oxygens (including phenoxy) is 2. The van der Waals surface area contributed by atoms with Gasteiger partial charge in [0.05, 0.1) is 18.8 Å². The van der Waals surface area contributed by atoms with Gasteiger partial charge in [-0.25, -0.2) is 4.79 Å². The molecule has 0 unspecified atom stereocenters. The Balaban J connectivity index is 2.59. The van der Waals surface area contributed by atoms with Crippen molar-refractivity contribution in [3.63, 3.8) is 0 Å². The lowest BCUT2D eigenvalue weighted by Crippen LogP contribution is -2.11. The van der Waals surface area contributed by atoms with Gasteiger partial charge < -0.3 is 14.6 Å². The highest BCUT2D eigenvalue weighted by Crippen LogP contribution is 2.37. The minimum absolute atomic E-state index is 0.0380. The number of alkyl halides is 3. The second kappa shape index (κ2) is 10.4. The molecule has 0 aromatic heterocycles. The SMILES string of the molecule is COC(=O)c1c(C=Cc2ccc(C(F)(F)F)cc2)cc(OC(C)C)c(CC=C(C)C)c1O. The Morgan fingerprint density at radius 3 is 2.25 bits per heavy atom. The highest BCUT2D eigenvalue weighted by atomic mass is 19.4. The third-order valence-electron chi connectivity index (χ3n) is 4.56. The van der Waals surface area contributed by atoms with Crippen LogP contribution in [0.1, 0.15) is 60.3 Å². The van der Waals surface area contributed by atoms with Crippen molar-refractivity contribution < 1.29 is 32.5 Å². The Kier molecular flexibility index (Phi) is 8.14. The van der Waals surface area contributed by atoms with Gasteiger partial charge in [0.15, 0.2) is 0 Å². The van der Waals surface area contributed by atoms with E-state index in [0.717, 1.165) is 17.7 Å². The van der Waals surface area contributed by atoms with Crippen LogP contribution >= 0.6 is 0 Å².